The number of rotatable bonds is 4. The molecule has 0 radical (unpaired) electrons. The quantitative estimate of drug-likeness (QED) is 0.457. The van der Waals surface area contributed by atoms with Crippen LogP contribution in [0.2, 0.25) is 0 Å². The second-order valence-corrected chi connectivity index (χ2v) is 5.95. The van der Waals surface area contributed by atoms with Crippen molar-refractivity contribution in [1.82, 2.24) is 9.55 Å². The first-order valence-electron chi connectivity index (χ1n) is 8.11. The predicted molar refractivity (Wildman–Crippen MR) is 99.6 cm³/mol. The van der Waals surface area contributed by atoms with E-state index in [-0.39, 0.29) is 5.78 Å². The molecular weight excluding hydrogens is 310 g/mol. The number of benzene rings is 3. The summed E-state index contributed by atoms with van der Waals surface area (Å²) in [6.45, 7) is 0.695. The van der Waals surface area contributed by atoms with Crippen LogP contribution in [0.4, 0.5) is 5.69 Å². The van der Waals surface area contributed by atoms with E-state index in [0.29, 0.717) is 28.9 Å². The topological polar surface area (TPSA) is 60.9 Å². The van der Waals surface area contributed by atoms with Crippen LogP contribution in [0.5, 0.6) is 0 Å². The van der Waals surface area contributed by atoms with E-state index in [1.54, 1.807) is 24.5 Å². The lowest BCUT2D eigenvalue weighted by Gasteiger charge is -2.08. The first-order valence-corrected chi connectivity index (χ1v) is 8.11. The van der Waals surface area contributed by atoms with E-state index < -0.39 is 0 Å². The number of anilines is 1. The monoisotopic (exact) mass is 327 g/mol. The summed E-state index contributed by atoms with van der Waals surface area (Å²) < 4.78 is 2.03. The van der Waals surface area contributed by atoms with Crippen LogP contribution in [0.3, 0.4) is 0 Å². The van der Waals surface area contributed by atoms with Crippen LogP contribution in [-0.2, 0) is 6.54 Å². The summed E-state index contributed by atoms with van der Waals surface area (Å²) >= 11 is 0. The second kappa shape index (κ2) is 6.24. The van der Waals surface area contributed by atoms with Gasteiger partial charge in [-0.05, 0) is 17.7 Å². The van der Waals surface area contributed by atoms with E-state index in [4.69, 9.17) is 5.73 Å². The average molecular weight is 327 g/mol. The summed E-state index contributed by atoms with van der Waals surface area (Å²) in [5.74, 6) is -0.103. The highest BCUT2D eigenvalue weighted by Gasteiger charge is 2.18. The molecule has 4 rings (SSSR count). The Morgan fingerprint density at radius 3 is 2.32 bits per heavy atom. The van der Waals surface area contributed by atoms with Crippen molar-refractivity contribution in [3.05, 3.63) is 95.8 Å². The maximum atomic E-state index is 12.9. The average Bonchev–Trinajstić information content (AvgIpc) is 3.05. The Hall–Kier alpha value is -3.40. The summed E-state index contributed by atoms with van der Waals surface area (Å²) in [7, 11) is 0. The molecule has 0 unspecified atom stereocenters. The highest BCUT2D eigenvalue weighted by molar-refractivity contribution is 6.18. The molecule has 1 aromatic heterocycles. The number of hydrogen-bond acceptors (Lipinski definition) is 3. The molecule has 0 spiro atoms. The number of nitrogen functional groups attached to an aromatic ring is 1. The van der Waals surface area contributed by atoms with E-state index in [1.807, 2.05) is 47.0 Å². The van der Waals surface area contributed by atoms with Crippen molar-refractivity contribution in [1.29, 1.82) is 0 Å². The van der Waals surface area contributed by atoms with Crippen LogP contribution >= 0.6 is 0 Å². The minimum Gasteiger partial charge on any atom is -0.398 e. The number of carbonyl (C=O) groups is 1. The summed E-state index contributed by atoms with van der Waals surface area (Å²) in [6.07, 6.45) is 1.76. The third-order valence-corrected chi connectivity index (χ3v) is 4.28. The third-order valence-electron chi connectivity index (χ3n) is 4.28. The van der Waals surface area contributed by atoms with Gasteiger partial charge >= 0.3 is 0 Å². The normalized spacial score (nSPS) is 10.9. The molecular formula is C21H17N3O. The van der Waals surface area contributed by atoms with Gasteiger partial charge in [-0.15, -0.1) is 0 Å². The molecule has 0 aliphatic heterocycles. The zero-order valence-electron chi connectivity index (χ0n) is 13.6. The Bertz CT molecular complexity index is 1040. The molecule has 4 aromatic rings. The maximum absolute atomic E-state index is 12.9. The zero-order chi connectivity index (χ0) is 17.2. The van der Waals surface area contributed by atoms with E-state index in [1.165, 1.54) is 5.56 Å². The molecule has 0 atom stereocenters. The van der Waals surface area contributed by atoms with Crippen LogP contribution in [0.15, 0.2) is 79.1 Å². The van der Waals surface area contributed by atoms with Crippen LogP contribution < -0.4 is 5.73 Å². The molecule has 0 amide bonds. The van der Waals surface area contributed by atoms with Crippen molar-refractivity contribution in [2.75, 3.05) is 5.73 Å². The molecule has 0 saturated carbocycles. The summed E-state index contributed by atoms with van der Waals surface area (Å²) in [4.78, 5) is 17.4. The predicted octanol–water partition coefficient (Wildman–Crippen LogP) is 3.90. The zero-order valence-corrected chi connectivity index (χ0v) is 13.6. The summed E-state index contributed by atoms with van der Waals surface area (Å²) in [6, 6.07) is 23.0. The minimum atomic E-state index is -0.103. The lowest BCUT2D eigenvalue weighted by Crippen LogP contribution is -2.07. The van der Waals surface area contributed by atoms with Crippen molar-refractivity contribution in [2.24, 2.45) is 0 Å². The molecule has 3 aromatic carbocycles. The number of fused-ring (bicyclic) bond motifs is 1. The van der Waals surface area contributed by atoms with Crippen LogP contribution in [0, 0.1) is 0 Å². The molecule has 0 aliphatic rings. The number of nitrogens with two attached hydrogens (primary N) is 1. The Labute approximate surface area is 145 Å². The Morgan fingerprint density at radius 1 is 0.920 bits per heavy atom. The fraction of sp³-hybridized carbons (Fsp3) is 0.0476. The SMILES string of the molecule is Nc1ccc2c(ncn2Cc2ccccc2)c1C(=O)c1ccccc1. The molecule has 0 bridgehead atoms. The van der Waals surface area contributed by atoms with Gasteiger partial charge in [0.05, 0.1) is 17.4 Å². The van der Waals surface area contributed by atoms with Crippen molar-refractivity contribution < 1.29 is 4.79 Å². The Kier molecular flexibility index (Phi) is 3.78. The van der Waals surface area contributed by atoms with E-state index >= 15 is 0 Å². The highest BCUT2D eigenvalue weighted by Crippen LogP contribution is 2.26. The maximum Gasteiger partial charge on any atom is 0.197 e. The summed E-state index contributed by atoms with van der Waals surface area (Å²) in [5.41, 5.74) is 10.4. The van der Waals surface area contributed by atoms with Crippen molar-refractivity contribution >= 4 is 22.5 Å². The van der Waals surface area contributed by atoms with Gasteiger partial charge in [0.25, 0.3) is 0 Å². The first kappa shape index (κ1) is 15.1. The third kappa shape index (κ3) is 2.78. The molecule has 0 fully saturated rings. The van der Waals surface area contributed by atoms with Gasteiger partial charge in [0, 0.05) is 17.8 Å². The molecule has 4 heteroatoms. The van der Waals surface area contributed by atoms with Crippen molar-refractivity contribution in [3.8, 4) is 0 Å². The van der Waals surface area contributed by atoms with Gasteiger partial charge in [0.15, 0.2) is 5.78 Å². The van der Waals surface area contributed by atoms with Gasteiger partial charge in [-0.2, -0.15) is 0 Å². The largest absolute Gasteiger partial charge is 0.398 e. The fourth-order valence-corrected chi connectivity index (χ4v) is 3.03. The van der Waals surface area contributed by atoms with Crippen LogP contribution in [0.1, 0.15) is 21.5 Å². The van der Waals surface area contributed by atoms with E-state index in [9.17, 15) is 4.79 Å². The summed E-state index contributed by atoms with van der Waals surface area (Å²) in [5, 5.41) is 0. The van der Waals surface area contributed by atoms with Crippen molar-refractivity contribution in [2.45, 2.75) is 6.54 Å². The van der Waals surface area contributed by atoms with Crippen LogP contribution in [0.25, 0.3) is 11.0 Å². The van der Waals surface area contributed by atoms with Gasteiger partial charge in [0.1, 0.15) is 5.52 Å². The minimum absolute atomic E-state index is 0.103. The van der Waals surface area contributed by atoms with Gasteiger partial charge in [-0.3, -0.25) is 4.79 Å². The standard InChI is InChI=1S/C21H17N3O/c22-17-11-12-18-20(19(17)21(25)16-9-5-2-6-10-16)23-14-24(18)13-15-7-3-1-4-8-15/h1-12,14H,13,22H2. The molecule has 25 heavy (non-hydrogen) atoms. The van der Waals surface area contributed by atoms with E-state index in [2.05, 4.69) is 17.1 Å². The van der Waals surface area contributed by atoms with Crippen LogP contribution in [-0.4, -0.2) is 15.3 Å². The second-order valence-electron chi connectivity index (χ2n) is 5.95. The van der Waals surface area contributed by atoms with Gasteiger partial charge in [0.2, 0.25) is 0 Å². The lowest BCUT2D eigenvalue weighted by molar-refractivity contribution is 0.104. The number of nitrogens with zero attached hydrogens (tertiary/aromatic N) is 2. The van der Waals surface area contributed by atoms with Gasteiger partial charge < -0.3 is 10.3 Å². The smallest absolute Gasteiger partial charge is 0.197 e. The molecule has 122 valence electrons. The van der Waals surface area contributed by atoms with Crippen molar-refractivity contribution in [3.63, 3.8) is 0 Å². The number of aromatic nitrogens is 2. The number of imidazole rings is 1. The van der Waals surface area contributed by atoms with Gasteiger partial charge in [-0.1, -0.05) is 60.7 Å². The molecule has 0 saturated heterocycles. The van der Waals surface area contributed by atoms with Gasteiger partial charge in [-0.25, -0.2) is 4.98 Å². The molecule has 0 aliphatic carbocycles. The molecule has 2 N–H and O–H groups in total. The lowest BCUT2D eigenvalue weighted by atomic mass is 10.0. The van der Waals surface area contributed by atoms with E-state index in [0.717, 1.165) is 5.52 Å². The molecule has 1 heterocycles. The first-order chi connectivity index (χ1) is 12.2. The molecule has 4 nitrogen and oxygen atoms in total. The Balaban J connectivity index is 1.81. The number of ketones is 1. The number of carbonyl (C=O) groups excluding carboxylic acids is 1. The number of hydrogen-bond donors (Lipinski definition) is 1. The highest BCUT2D eigenvalue weighted by atomic mass is 16.1. The Morgan fingerprint density at radius 2 is 1.60 bits per heavy atom. The fourth-order valence-electron chi connectivity index (χ4n) is 3.03.